The molecule has 0 aliphatic carbocycles. The van der Waals surface area contributed by atoms with E-state index in [2.05, 4.69) is 0 Å². The van der Waals surface area contributed by atoms with Gasteiger partial charge in [-0.05, 0) is 38.1 Å². The third kappa shape index (κ3) is 2.17. The second-order valence-corrected chi connectivity index (χ2v) is 4.98. The third-order valence-electron chi connectivity index (χ3n) is 3.16. The highest BCUT2D eigenvalue weighted by Crippen LogP contribution is 2.42. The Morgan fingerprint density at radius 1 is 1.05 bits per heavy atom. The van der Waals surface area contributed by atoms with Gasteiger partial charge in [0.1, 0.15) is 17.2 Å². The van der Waals surface area contributed by atoms with Gasteiger partial charge in [0.25, 0.3) is 0 Å². The molecule has 98 valence electrons. The minimum absolute atomic E-state index is 0.145. The molecule has 1 unspecified atom stereocenters. The van der Waals surface area contributed by atoms with Crippen LogP contribution >= 0.6 is 0 Å². The minimum Gasteiger partial charge on any atom is -0.491 e. The van der Waals surface area contributed by atoms with Crippen molar-refractivity contribution in [1.29, 1.82) is 0 Å². The molecule has 0 bridgehead atoms. The van der Waals surface area contributed by atoms with Gasteiger partial charge in [-0.3, -0.25) is 0 Å². The number of benzene rings is 2. The number of hydrogen-bond donors (Lipinski definition) is 1. The van der Waals surface area contributed by atoms with Crippen molar-refractivity contribution >= 4 is 0 Å². The molecule has 0 spiro atoms. The molecule has 1 aliphatic rings. The van der Waals surface area contributed by atoms with E-state index in [9.17, 15) is 0 Å². The Hall–Kier alpha value is -2.00. The Morgan fingerprint density at radius 3 is 2.58 bits per heavy atom. The molecule has 1 heterocycles. The summed E-state index contributed by atoms with van der Waals surface area (Å²) in [6.45, 7) is 4.01. The third-order valence-corrected chi connectivity index (χ3v) is 3.16. The molecule has 0 saturated carbocycles. The van der Waals surface area contributed by atoms with E-state index in [1.165, 1.54) is 0 Å². The molecule has 19 heavy (non-hydrogen) atoms. The van der Waals surface area contributed by atoms with Crippen molar-refractivity contribution in [3.05, 3.63) is 53.6 Å². The van der Waals surface area contributed by atoms with E-state index in [4.69, 9.17) is 15.2 Å². The Balaban J connectivity index is 2.01. The van der Waals surface area contributed by atoms with E-state index in [0.717, 1.165) is 28.4 Å². The van der Waals surface area contributed by atoms with Gasteiger partial charge in [0.05, 0.1) is 12.1 Å². The van der Waals surface area contributed by atoms with E-state index in [1.54, 1.807) is 0 Å². The summed E-state index contributed by atoms with van der Waals surface area (Å²) in [4.78, 5) is 0. The number of hydrogen-bond acceptors (Lipinski definition) is 3. The number of para-hydroxylation sites is 1. The molecular formula is C16H17NO2. The molecule has 0 fully saturated rings. The average Bonchev–Trinajstić information content (AvgIpc) is 2.39. The maximum absolute atomic E-state index is 6.32. The van der Waals surface area contributed by atoms with E-state index in [1.807, 2.05) is 56.3 Å². The second-order valence-electron chi connectivity index (χ2n) is 4.98. The number of rotatable bonds is 2. The lowest BCUT2D eigenvalue weighted by molar-refractivity contribution is 0.241. The van der Waals surface area contributed by atoms with Crippen LogP contribution in [0.5, 0.6) is 17.2 Å². The molecule has 0 radical (unpaired) electrons. The number of nitrogens with two attached hydrogens (primary N) is 1. The van der Waals surface area contributed by atoms with Gasteiger partial charge in [-0.2, -0.15) is 0 Å². The highest BCUT2D eigenvalue weighted by atomic mass is 16.5. The van der Waals surface area contributed by atoms with Gasteiger partial charge < -0.3 is 15.2 Å². The van der Waals surface area contributed by atoms with Crippen LogP contribution < -0.4 is 15.2 Å². The zero-order chi connectivity index (χ0) is 13.4. The summed E-state index contributed by atoms with van der Waals surface area (Å²) in [6, 6.07) is 13.5. The highest BCUT2D eigenvalue weighted by Gasteiger charge is 2.24. The first-order valence-corrected chi connectivity index (χ1v) is 6.48. The Morgan fingerprint density at radius 2 is 1.79 bits per heavy atom. The van der Waals surface area contributed by atoms with E-state index < -0.39 is 0 Å². The monoisotopic (exact) mass is 255 g/mol. The topological polar surface area (TPSA) is 44.5 Å². The van der Waals surface area contributed by atoms with Crippen molar-refractivity contribution in [2.45, 2.75) is 26.0 Å². The zero-order valence-corrected chi connectivity index (χ0v) is 11.1. The van der Waals surface area contributed by atoms with E-state index >= 15 is 0 Å². The molecule has 0 amide bonds. The molecule has 0 saturated heterocycles. The van der Waals surface area contributed by atoms with Crippen LogP contribution in [-0.4, -0.2) is 6.10 Å². The summed E-state index contributed by atoms with van der Waals surface area (Å²) in [5.74, 6) is 2.47. The molecule has 3 heteroatoms. The Kier molecular flexibility index (Phi) is 2.91. The smallest absolute Gasteiger partial charge is 0.132 e. The first-order chi connectivity index (χ1) is 9.15. The van der Waals surface area contributed by atoms with Gasteiger partial charge in [-0.1, -0.05) is 18.2 Å². The zero-order valence-electron chi connectivity index (χ0n) is 11.1. The van der Waals surface area contributed by atoms with Gasteiger partial charge in [0.2, 0.25) is 0 Å². The lowest BCUT2D eigenvalue weighted by atomic mass is 9.95. The van der Waals surface area contributed by atoms with Crippen LogP contribution in [0.25, 0.3) is 0 Å². The molecule has 1 atom stereocenters. The fourth-order valence-corrected chi connectivity index (χ4v) is 2.32. The predicted octanol–water partition coefficient (Wildman–Crippen LogP) is 3.63. The van der Waals surface area contributed by atoms with Crippen molar-refractivity contribution in [3.63, 3.8) is 0 Å². The van der Waals surface area contributed by atoms with Crippen molar-refractivity contribution in [1.82, 2.24) is 0 Å². The van der Waals surface area contributed by atoms with Crippen LogP contribution in [0.4, 0.5) is 0 Å². The Bertz CT molecular complexity index is 607. The van der Waals surface area contributed by atoms with Crippen molar-refractivity contribution in [2.75, 3.05) is 0 Å². The van der Waals surface area contributed by atoms with Crippen molar-refractivity contribution in [2.24, 2.45) is 5.73 Å². The standard InChI is InChI=1S/C16H17NO2/c1-10(2)18-11-7-8-15-13(9-11)16(17)12-5-3-4-6-14(12)19-15/h3-10,16H,17H2,1-2H3. The summed E-state index contributed by atoms with van der Waals surface area (Å²) in [5.41, 5.74) is 8.30. The molecule has 1 aliphatic heterocycles. The second kappa shape index (κ2) is 4.59. The molecule has 2 aromatic rings. The van der Waals surface area contributed by atoms with Crippen LogP contribution in [0.1, 0.15) is 31.0 Å². The van der Waals surface area contributed by atoms with E-state index in [0.29, 0.717) is 0 Å². The van der Waals surface area contributed by atoms with Crippen LogP contribution in [0.15, 0.2) is 42.5 Å². The summed E-state index contributed by atoms with van der Waals surface area (Å²) in [6.07, 6.45) is 0.145. The summed E-state index contributed by atoms with van der Waals surface area (Å²) < 4.78 is 11.6. The predicted molar refractivity (Wildman–Crippen MR) is 74.8 cm³/mol. The average molecular weight is 255 g/mol. The molecule has 0 aromatic heterocycles. The molecule has 3 rings (SSSR count). The molecule has 2 N–H and O–H groups in total. The number of fused-ring (bicyclic) bond motifs is 2. The molecule has 3 nitrogen and oxygen atoms in total. The molecule has 2 aromatic carbocycles. The number of ether oxygens (including phenoxy) is 2. The van der Waals surface area contributed by atoms with Gasteiger partial charge >= 0.3 is 0 Å². The normalized spacial score (nSPS) is 16.5. The minimum atomic E-state index is -0.171. The van der Waals surface area contributed by atoms with Crippen LogP contribution in [0, 0.1) is 0 Å². The van der Waals surface area contributed by atoms with Gasteiger partial charge in [0.15, 0.2) is 0 Å². The SMILES string of the molecule is CC(C)Oc1ccc2c(c1)C(N)c1ccccc1O2. The summed E-state index contributed by atoms with van der Waals surface area (Å²) in [5, 5.41) is 0. The first-order valence-electron chi connectivity index (χ1n) is 6.48. The lowest BCUT2D eigenvalue weighted by Gasteiger charge is -2.26. The first kappa shape index (κ1) is 12.1. The van der Waals surface area contributed by atoms with E-state index in [-0.39, 0.29) is 12.1 Å². The van der Waals surface area contributed by atoms with Gasteiger partial charge in [-0.25, -0.2) is 0 Å². The largest absolute Gasteiger partial charge is 0.491 e. The quantitative estimate of drug-likeness (QED) is 0.891. The Labute approximate surface area is 113 Å². The van der Waals surface area contributed by atoms with Crippen LogP contribution in [-0.2, 0) is 0 Å². The fraction of sp³-hybridized carbons (Fsp3) is 0.250. The van der Waals surface area contributed by atoms with Crippen LogP contribution in [0.3, 0.4) is 0 Å². The lowest BCUT2D eigenvalue weighted by Crippen LogP contribution is -2.18. The summed E-state index contributed by atoms with van der Waals surface area (Å²) in [7, 11) is 0. The maximum Gasteiger partial charge on any atom is 0.132 e. The fourth-order valence-electron chi connectivity index (χ4n) is 2.32. The van der Waals surface area contributed by atoms with Crippen molar-refractivity contribution in [3.8, 4) is 17.2 Å². The van der Waals surface area contributed by atoms with Crippen LogP contribution in [0.2, 0.25) is 0 Å². The molecular weight excluding hydrogens is 238 g/mol. The van der Waals surface area contributed by atoms with Crippen molar-refractivity contribution < 1.29 is 9.47 Å². The maximum atomic E-state index is 6.32. The summed E-state index contributed by atoms with van der Waals surface area (Å²) >= 11 is 0. The highest BCUT2D eigenvalue weighted by molar-refractivity contribution is 5.54. The van der Waals surface area contributed by atoms with Gasteiger partial charge in [0, 0.05) is 11.1 Å². The van der Waals surface area contributed by atoms with Gasteiger partial charge in [-0.15, -0.1) is 0 Å².